The van der Waals surface area contributed by atoms with E-state index in [-0.39, 0.29) is 17.9 Å². The largest absolute Gasteiger partial charge is 0.484 e. The number of benzene rings is 1. The second-order valence-corrected chi connectivity index (χ2v) is 6.98. The Morgan fingerprint density at radius 2 is 1.90 bits per heavy atom. The monoisotopic (exact) mass is 343 g/mol. The van der Waals surface area contributed by atoms with Crippen molar-refractivity contribution in [1.29, 1.82) is 0 Å². The predicted octanol–water partition coefficient (Wildman–Crippen LogP) is 1.11. The van der Waals surface area contributed by atoms with Crippen LogP contribution >= 0.6 is 15.9 Å². The first-order valence-corrected chi connectivity index (χ1v) is 7.52. The molecule has 1 rings (SSSR count). The molecule has 112 valence electrons. The van der Waals surface area contributed by atoms with Crippen LogP contribution in [0.2, 0.25) is 0 Å². The molecule has 4 nitrogen and oxygen atoms in total. The van der Waals surface area contributed by atoms with Crippen LogP contribution in [0.4, 0.5) is 0 Å². The van der Waals surface area contributed by atoms with E-state index in [0.717, 1.165) is 11.0 Å². The van der Waals surface area contributed by atoms with Crippen molar-refractivity contribution in [3.63, 3.8) is 0 Å². The van der Waals surface area contributed by atoms with Crippen LogP contribution in [-0.2, 0) is 4.79 Å². The highest BCUT2D eigenvalue weighted by molar-refractivity contribution is 9.10. The third-order valence-electron chi connectivity index (χ3n) is 2.78. The summed E-state index contributed by atoms with van der Waals surface area (Å²) >= 11 is 3.35. The van der Waals surface area contributed by atoms with Crippen LogP contribution < -0.4 is 15.0 Å². The molecule has 0 aliphatic rings. The van der Waals surface area contributed by atoms with Gasteiger partial charge in [-0.15, -0.1) is 0 Å². The summed E-state index contributed by atoms with van der Waals surface area (Å²) in [5, 5.41) is 2.92. The van der Waals surface area contributed by atoms with Crippen LogP contribution in [0.1, 0.15) is 13.8 Å². The summed E-state index contributed by atoms with van der Waals surface area (Å²) in [6, 6.07) is 7.43. The fourth-order valence-corrected chi connectivity index (χ4v) is 2.35. The van der Waals surface area contributed by atoms with E-state index in [1.807, 2.05) is 24.3 Å². The minimum atomic E-state index is -0.0882. The van der Waals surface area contributed by atoms with E-state index in [1.54, 1.807) is 0 Å². The zero-order valence-corrected chi connectivity index (χ0v) is 14.2. The van der Waals surface area contributed by atoms with Crippen molar-refractivity contribution in [2.24, 2.45) is 5.41 Å². The van der Waals surface area contributed by atoms with Gasteiger partial charge < -0.3 is 15.0 Å². The lowest BCUT2D eigenvalue weighted by atomic mass is 9.93. The Morgan fingerprint density at radius 1 is 1.30 bits per heavy atom. The molecule has 0 spiro atoms. The number of hydrogen-bond donors (Lipinski definition) is 2. The zero-order valence-electron chi connectivity index (χ0n) is 12.6. The average molecular weight is 344 g/mol. The normalized spacial score (nSPS) is 11.5. The Hall–Kier alpha value is -1.07. The third kappa shape index (κ3) is 6.91. The van der Waals surface area contributed by atoms with Crippen molar-refractivity contribution in [3.05, 3.63) is 28.7 Å². The second kappa shape index (κ2) is 7.64. The standard InChI is InChI=1S/C15H23BrN2O2/c1-15(2,11-18(3)4)10-17-14(19)9-20-13-7-5-12(16)6-8-13/h5-8H,9-11H2,1-4H3,(H,17,19)/p+1. The number of quaternary nitrogens is 1. The van der Waals surface area contributed by atoms with Gasteiger partial charge in [-0.2, -0.15) is 0 Å². The molecule has 1 aromatic carbocycles. The highest BCUT2D eigenvalue weighted by atomic mass is 79.9. The van der Waals surface area contributed by atoms with Gasteiger partial charge in [-0.3, -0.25) is 4.79 Å². The maximum Gasteiger partial charge on any atom is 0.257 e. The molecule has 0 unspecified atom stereocenters. The summed E-state index contributed by atoms with van der Waals surface area (Å²) in [5.74, 6) is 0.607. The first-order chi connectivity index (χ1) is 9.28. The lowest BCUT2D eigenvalue weighted by Gasteiger charge is -2.26. The number of carbonyl (C=O) groups is 1. The van der Waals surface area contributed by atoms with E-state index in [1.165, 1.54) is 4.90 Å². The lowest BCUT2D eigenvalue weighted by Crippen LogP contribution is -3.07. The molecule has 0 aromatic heterocycles. The number of ether oxygens (including phenoxy) is 1. The van der Waals surface area contributed by atoms with Gasteiger partial charge in [-0.05, 0) is 24.3 Å². The van der Waals surface area contributed by atoms with Crippen LogP contribution in [0.3, 0.4) is 0 Å². The molecule has 0 fully saturated rings. The van der Waals surface area contributed by atoms with Crippen LogP contribution in [0, 0.1) is 5.41 Å². The molecule has 0 atom stereocenters. The maximum atomic E-state index is 11.8. The maximum absolute atomic E-state index is 11.8. The topological polar surface area (TPSA) is 42.8 Å². The van der Waals surface area contributed by atoms with Crippen LogP contribution in [-0.4, -0.2) is 39.7 Å². The lowest BCUT2D eigenvalue weighted by molar-refractivity contribution is -0.865. The number of rotatable bonds is 7. The van der Waals surface area contributed by atoms with Crippen molar-refractivity contribution in [2.45, 2.75) is 13.8 Å². The fourth-order valence-electron chi connectivity index (χ4n) is 2.09. The molecule has 0 saturated heterocycles. The van der Waals surface area contributed by atoms with Gasteiger partial charge in [0.1, 0.15) is 5.75 Å². The van der Waals surface area contributed by atoms with Gasteiger partial charge >= 0.3 is 0 Å². The van der Waals surface area contributed by atoms with E-state index in [4.69, 9.17) is 4.74 Å². The Labute approximate surface area is 129 Å². The molecule has 20 heavy (non-hydrogen) atoms. The Kier molecular flexibility index (Phi) is 6.49. The van der Waals surface area contributed by atoms with E-state index in [0.29, 0.717) is 12.3 Å². The Balaban J connectivity index is 2.32. The Morgan fingerprint density at radius 3 is 2.45 bits per heavy atom. The summed E-state index contributed by atoms with van der Waals surface area (Å²) in [6.45, 7) is 6.00. The highest BCUT2D eigenvalue weighted by Crippen LogP contribution is 2.16. The predicted molar refractivity (Wildman–Crippen MR) is 84.1 cm³/mol. The number of nitrogens with one attached hydrogen (secondary N) is 2. The Bertz CT molecular complexity index is 430. The van der Waals surface area contributed by atoms with E-state index in [9.17, 15) is 4.79 Å². The molecular weight excluding hydrogens is 320 g/mol. The van der Waals surface area contributed by atoms with Crippen molar-refractivity contribution in [1.82, 2.24) is 5.32 Å². The van der Waals surface area contributed by atoms with Crippen LogP contribution in [0.25, 0.3) is 0 Å². The van der Waals surface area contributed by atoms with E-state index >= 15 is 0 Å². The molecule has 0 heterocycles. The second-order valence-electron chi connectivity index (χ2n) is 6.07. The first kappa shape index (κ1) is 17.0. The van der Waals surface area contributed by atoms with Crippen molar-refractivity contribution >= 4 is 21.8 Å². The SMILES string of the molecule is C[NH+](C)CC(C)(C)CNC(=O)COc1ccc(Br)cc1. The minimum Gasteiger partial charge on any atom is -0.484 e. The molecule has 5 heteroatoms. The molecule has 1 amide bonds. The smallest absolute Gasteiger partial charge is 0.257 e. The summed E-state index contributed by atoms with van der Waals surface area (Å²) in [5.41, 5.74) is 0.0755. The van der Waals surface area contributed by atoms with Gasteiger partial charge in [-0.1, -0.05) is 29.8 Å². The molecule has 0 saturated carbocycles. The summed E-state index contributed by atoms with van der Waals surface area (Å²) in [7, 11) is 4.22. The van der Waals surface area contributed by atoms with Crippen molar-refractivity contribution < 1.29 is 14.4 Å². The van der Waals surface area contributed by atoms with Crippen LogP contribution in [0.5, 0.6) is 5.75 Å². The number of hydrogen-bond acceptors (Lipinski definition) is 2. The molecule has 1 aromatic rings. The molecule has 2 N–H and O–H groups in total. The number of halogens is 1. The van der Waals surface area contributed by atoms with Gasteiger partial charge in [0.05, 0.1) is 20.6 Å². The summed E-state index contributed by atoms with van der Waals surface area (Å²) in [4.78, 5) is 13.1. The molecule has 0 bridgehead atoms. The molecule has 0 aliphatic heterocycles. The minimum absolute atomic E-state index is 0.0481. The quantitative estimate of drug-likeness (QED) is 0.778. The molecular formula is C15H24BrN2O2+. The van der Waals surface area contributed by atoms with Gasteiger partial charge in [0.15, 0.2) is 6.61 Å². The fraction of sp³-hybridized carbons (Fsp3) is 0.533. The first-order valence-electron chi connectivity index (χ1n) is 6.73. The number of carbonyl (C=O) groups excluding carboxylic acids is 1. The van der Waals surface area contributed by atoms with Gasteiger partial charge in [0.25, 0.3) is 5.91 Å². The number of amides is 1. The summed E-state index contributed by atoms with van der Waals surface area (Å²) < 4.78 is 6.42. The van der Waals surface area contributed by atoms with Crippen molar-refractivity contribution in [3.8, 4) is 5.75 Å². The average Bonchev–Trinajstić information content (AvgIpc) is 2.34. The van der Waals surface area contributed by atoms with Crippen LogP contribution in [0.15, 0.2) is 28.7 Å². The summed E-state index contributed by atoms with van der Waals surface area (Å²) in [6.07, 6.45) is 0. The zero-order chi connectivity index (χ0) is 15.2. The highest BCUT2D eigenvalue weighted by Gasteiger charge is 2.22. The van der Waals surface area contributed by atoms with E-state index < -0.39 is 0 Å². The van der Waals surface area contributed by atoms with Crippen molar-refractivity contribution in [2.75, 3.05) is 33.8 Å². The van der Waals surface area contributed by atoms with Gasteiger partial charge in [0.2, 0.25) is 0 Å². The molecule has 0 radical (unpaired) electrons. The third-order valence-corrected chi connectivity index (χ3v) is 3.31. The van der Waals surface area contributed by atoms with Gasteiger partial charge in [-0.25, -0.2) is 0 Å². The molecule has 0 aliphatic carbocycles. The van der Waals surface area contributed by atoms with Gasteiger partial charge in [0, 0.05) is 16.4 Å². The van der Waals surface area contributed by atoms with E-state index in [2.05, 4.69) is 49.2 Å².